The van der Waals surface area contributed by atoms with Crippen molar-refractivity contribution >= 4 is 11.9 Å². The zero-order chi connectivity index (χ0) is 9.14. The van der Waals surface area contributed by atoms with Gasteiger partial charge in [-0.15, -0.1) is 0 Å². The van der Waals surface area contributed by atoms with Crippen LogP contribution in [-0.2, 0) is 0 Å². The summed E-state index contributed by atoms with van der Waals surface area (Å²) in [6.07, 6.45) is 0. The van der Waals surface area contributed by atoms with Crippen molar-refractivity contribution in [3.63, 3.8) is 0 Å². The molecule has 0 aliphatic rings. The van der Waals surface area contributed by atoms with Crippen molar-refractivity contribution in [1.82, 2.24) is 0 Å². The number of hydrogen-bond acceptors (Lipinski definition) is 2. The van der Waals surface area contributed by atoms with E-state index in [9.17, 15) is 9.59 Å². The van der Waals surface area contributed by atoms with Gasteiger partial charge in [-0.2, -0.15) is 0 Å². The average Bonchev–Trinajstić information content (AvgIpc) is 2.04. The molecule has 4 nitrogen and oxygen atoms in total. The van der Waals surface area contributed by atoms with Gasteiger partial charge in [0.05, 0.1) is 11.1 Å². The summed E-state index contributed by atoms with van der Waals surface area (Å²) in [5.74, 6) is -2.46. The van der Waals surface area contributed by atoms with E-state index in [-0.39, 0.29) is 65.4 Å². The number of aromatic carboxylic acids is 2. The molecule has 1 rings (SSSR count). The number of carboxylic acids is 2. The Hall–Kier alpha value is -0.204. The maximum Gasteiger partial charge on any atom is 1.00 e. The molecule has 0 heterocycles. The molecule has 0 saturated heterocycles. The molecule has 0 aromatic heterocycles. The zero-order valence-electron chi connectivity index (χ0n) is 8.02. The van der Waals surface area contributed by atoms with Crippen molar-refractivity contribution in [2.75, 3.05) is 0 Å². The summed E-state index contributed by atoms with van der Waals surface area (Å²) in [6.45, 7) is 0. The van der Waals surface area contributed by atoms with E-state index in [1.54, 1.807) is 0 Å². The van der Waals surface area contributed by atoms with Crippen LogP contribution in [-0.4, -0.2) is 22.2 Å². The van der Waals surface area contributed by atoms with Crippen LogP contribution in [0.5, 0.6) is 0 Å². The molecule has 0 amide bonds. The second-order valence-corrected chi connectivity index (χ2v) is 2.16. The van der Waals surface area contributed by atoms with Gasteiger partial charge in [0.1, 0.15) is 0 Å². The van der Waals surface area contributed by atoms with Gasteiger partial charge in [-0.25, -0.2) is 9.59 Å². The van der Waals surface area contributed by atoms with Crippen molar-refractivity contribution in [3.05, 3.63) is 35.4 Å². The maximum atomic E-state index is 10.5. The fourth-order valence-corrected chi connectivity index (χ4v) is 0.856. The van der Waals surface area contributed by atoms with E-state index in [0.29, 0.717) is 0 Å². The van der Waals surface area contributed by atoms with E-state index < -0.39 is 11.9 Å². The van der Waals surface area contributed by atoms with Gasteiger partial charge in [-0.3, -0.25) is 0 Å². The first-order valence-electron chi connectivity index (χ1n) is 3.18. The molecule has 0 bridgehead atoms. The first-order valence-corrected chi connectivity index (χ1v) is 3.18. The van der Waals surface area contributed by atoms with Crippen molar-refractivity contribution in [1.29, 1.82) is 0 Å². The van der Waals surface area contributed by atoms with Gasteiger partial charge < -0.3 is 11.6 Å². The molecule has 0 unspecified atom stereocenters. The van der Waals surface area contributed by atoms with Gasteiger partial charge in [-0.1, -0.05) is 12.1 Å². The van der Waals surface area contributed by atoms with Crippen LogP contribution in [0.3, 0.4) is 0 Å². The second kappa shape index (κ2) is 5.51. The van der Waals surface area contributed by atoms with Gasteiger partial charge in [-0.05, 0) is 12.1 Å². The van der Waals surface area contributed by atoms with E-state index >= 15 is 0 Å². The van der Waals surface area contributed by atoms with Crippen LogP contribution in [0.15, 0.2) is 24.3 Å². The first-order chi connectivity index (χ1) is 5.63. The maximum absolute atomic E-state index is 10.5. The summed E-state index contributed by atoms with van der Waals surface area (Å²) < 4.78 is 0. The SMILES string of the molecule is O=C(O)c1ccccc1C(=O)O.[H-].[HH].[K+]. The molecule has 1 aromatic rings. The zero-order valence-corrected chi connectivity index (χ0v) is 10.1. The Morgan fingerprint density at radius 3 is 1.62 bits per heavy atom. The number of hydrogen-bond donors (Lipinski definition) is 2. The Morgan fingerprint density at radius 1 is 1.08 bits per heavy atom. The summed E-state index contributed by atoms with van der Waals surface area (Å²) in [7, 11) is 0. The van der Waals surface area contributed by atoms with Crippen LogP contribution >= 0.6 is 0 Å². The minimum Gasteiger partial charge on any atom is -1.00 e. The molecule has 1 aromatic carbocycles. The number of carboxylic acid groups (broad SMARTS) is 2. The summed E-state index contributed by atoms with van der Waals surface area (Å²) in [5.41, 5.74) is -0.380. The van der Waals surface area contributed by atoms with Crippen LogP contribution in [0.25, 0.3) is 0 Å². The predicted octanol–water partition coefficient (Wildman–Crippen LogP) is -1.55. The molecule has 2 N–H and O–H groups in total. The van der Waals surface area contributed by atoms with Gasteiger partial charge in [0.2, 0.25) is 0 Å². The average molecular weight is 208 g/mol. The molecule has 0 atom stereocenters. The Balaban J connectivity index is -0.000000480. The van der Waals surface area contributed by atoms with Crippen LogP contribution < -0.4 is 51.4 Å². The quantitative estimate of drug-likeness (QED) is 0.577. The predicted molar refractivity (Wildman–Crippen MR) is 43.6 cm³/mol. The molecule has 0 fully saturated rings. The van der Waals surface area contributed by atoms with Crippen LogP contribution in [0.4, 0.5) is 0 Å². The van der Waals surface area contributed by atoms with Crippen molar-refractivity contribution < 1.29 is 74.0 Å². The summed E-state index contributed by atoms with van der Waals surface area (Å²) in [4.78, 5) is 20.9. The molecule has 66 valence electrons. The third kappa shape index (κ3) is 3.20. The molecule has 0 radical (unpaired) electrons. The van der Waals surface area contributed by atoms with Crippen LogP contribution in [0.1, 0.15) is 23.6 Å². The molecular weight excluding hydrogens is 199 g/mol. The minimum absolute atomic E-state index is 0. The number of benzene rings is 1. The molecule has 0 aliphatic carbocycles. The summed E-state index contributed by atoms with van der Waals surface area (Å²) >= 11 is 0. The van der Waals surface area contributed by atoms with Crippen molar-refractivity contribution in [2.24, 2.45) is 0 Å². The molecule has 0 saturated carbocycles. The van der Waals surface area contributed by atoms with E-state index in [1.165, 1.54) is 24.3 Å². The molecule has 5 heteroatoms. The number of rotatable bonds is 2. The smallest absolute Gasteiger partial charge is 1.00 e. The normalized spacial score (nSPS) is 8.62. The summed E-state index contributed by atoms with van der Waals surface area (Å²) in [5, 5.41) is 17.1. The second-order valence-electron chi connectivity index (χ2n) is 2.16. The Kier molecular flexibility index (Phi) is 5.42. The monoisotopic (exact) mass is 208 g/mol. The third-order valence-corrected chi connectivity index (χ3v) is 1.39. The van der Waals surface area contributed by atoms with E-state index in [4.69, 9.17) is 10.2 Å². The van der Waals surface area contributed by atoms with Crippen LogP contribution in [0, 0.1) is 0 Å². The van der Waals surface area contributed by atoms with Crippen molar-refractivity contribution in [2.45, 2.75) is 0 Å². The Bertz CT molecular complexity index is 310. The van der Waals surface area contributed by atoms with Gasteiger partial charge in [0.15, 0.2) is 0 Å². The molecule has 13 heavy (non-hydrogen) atoms. The summed E-state index contributed by atoms with van der Waals surface area (Å²) in [6, 6.07) is 5.48. The fraction of sp³-hybridized carbons (Fsp3) is 0. The van der Waals surface area contributed by atoms with Crippen LogP contribution in [0.2, 0.25) is 0 Å². The van der Waals surface area contributed by atoms with Gasteiger partial charge in [0, 0.05) is 1.43 Å². The molecule has 0 aliphatic heterocycles. The van der Waals surface area contributed by atoms with E-state index in [1.807, 2.05) is 0 Å². The number of carbonyl (C=O) groups is 2. The molecular formula is C8H9KO4. The van der Waals surface area contributed by atoms with E-state index in [2.05, 4.69) is 0 Å². The van der Waals surface area contributed by atoms with E-state index in [0.717, 1.165) is 0 Å². The fourth-order valence-electron chi connectivity index (χ4n) is 0.856. The van der Waals surface area contributed by atoms with Gasteiger partial charge >= 0.3 is 63.3 Å². The Morgan fingerprint density at radius 2 is 1.38 bits per heavy atom. The molecule has 0 spiro atoms. The topological polar surface area (TPSA) is 74.6 Å². The van der Waals surface area contributed by atoms with Gasteiger partial charge in [0.25, 0.3) is 0 Å². The standard InChI is InChI=1S/C8H6O4.K.H2.H/c9-7(10)5-3-1-2-4-6(5)8(11)12;;;/h1-4H,(H,9,10)(H,11,12);;1H;/q;+1;;-1. The third-order valence-electron chi connectivity index (χ3n) is 1.39. The Labute approximate surface area is 120 Å². The first kappa shape index (κ1) is 12.8. The minimum atomic E-state index is -1.23. The van der Waals surface area contributed by atoms with Crippen molar-refractivity contribution in [3.8, 4) is 0 Å². The largest absolute Gasteiger partial charge is 1.00 e.